The predicted octanol–water partition coefficient (Wildman–Crippen LogP) is 14.6. The molecule has 0 bridgehead atoms. The van der Waals surface area contributed by atoms with E-state index in [1.807, 2.05) is 21.1 Å². The van der Waals surface area contributed by atoms with Crippen LogP contribution in [0, 0.1) is 0 Å². The van der Waals surface area contributed by atoms with Crippen LogP contribution in [0.25, 0.3) is 0 Å². The van der Waals surface area contributed by atoms with Crippen LogP contribution in [0.15, 0.2) is 97.2 Å². The summed E-state index contributed by atoms with van der Waals surface area (Å²) in [4.78, 5) is 37.2. The van der Waals surface area contributed by atoms with E-state index in [2.05, 4.69) is 111 Å². The number of likely N-dealkylation sites (N-methyl/N-ethyl adjacent to an activating group) is 1. The summed E-state index contributed by atoms with van der Waals surface area (Å²) in [5, 5.41) is 9.65. The largest absolute Gasteiger partial charge is 0.477 e. The van der Waals surface area contributed by atoms with Gasteiger partial charge in [0, 0.05) is 19.3 Å². The zero-order valence-corrected chi connectivity index (χ0v) is 41.4. The smallest absolute Gasteiger partial charge is 0.362 e. The van der Waals surface area contributed by atoms with Crippen molar-refractivity contribution in [2.24, 2.45) is 0 Å². The standard InChI is InChI=1S/C56H93NO7/c1-6-8-10-12-14-16-18-20-22-24-26-28-30-32-34-36-38-40-42-44-46-54(58)63-51-52(50-62-49-48-53(56(60)61)57(3,4)5)64-55(59)47-45-43-41-39-37-35-33-31-29-27-25-23-21-19-17-15-13-11-9-7-2/h8-11,14-17,20-23,27,29,33,35,52-53H,6-7,12-13,18-19,24-26,28,30-32,34,36-51H2,1-5H3/p+1/b10-8+,11-9+,16-14+,17-15+,22-20+,23-21+,29-27+,35-33+. The maximum Gasteiger partial charge on any atom is 0.362 e. The molecular weight excluding hydrogens is 799 g/mol. The molecular formula is C56H94NO7+. The van der Waals surface area contributed by atoms with E-state index in [0.29, 0.717) is 19.3 Å². The highest BCUT2D eigenvalue weighted by molar-refractivity contribution is 5.72. The highest BCUT2D eigenvalue weighted by atomic mass is 16.6. The van der Waals surface area contributed by atoms with Gasteiger partial charge in [0.2, 0.25) is 0 Å². The predicted molar refractivity (Wildman–Crippen MR) is 270 cm³/mol. The molecule has 2 atom stereocenters. The Hall–Kier alpha value is -3.75. The fourth-order valence-electron chi connectivity index (χ4n) is 6.90. The highest BCUT2D eigenvalue weighted by Crippen LogP contribution is 2.14. The van der Waals surface area contributed by atoms with Gasteiger partial charge in [0.1, 0.15) is 6.61 Å². The number of esters is 2. The summed E-state index contributed by atoms with van der Waals surface area (Å²) in [6, 6.07) is -0.626. The van der Waals surface area contributed by atoms with E-state index in [4.69, 9.17) is 14.2 Å². The third kappa shape index (κ3) is 43.5. The fourth-order valence-corrected chi connectivity index (χ4v) is 6.90. The Labute approximate surface area is 392 Å². The number of ether oxygens (including phenoxy) is 3. The lowest BCUT2D eigenvalue weighted by atomic mass is 10.1. The van der Waals surface area contributed by atoms with Gasteiger partial charge in [0.25, 0.3) is 0 Å². The van der Waals surface area contributed by atoms with Gasteiger partial charge in [-0.3, -0.25) is 9.59 Å². The summed E-state index contributed by atoms with van der Waals surface area (Å²) in [7, 11) is 5.52. The topological polar surface area (TPSA) is 99.1 Å². The number of rotatable bonds is 44. The van der Waals surface area contributed by atoms with Crippen LogP contribution in [0.5, 0.6) is 0 Å². The molecule has 0 rings (SSSR count). The van der Waals surface area contributed by atoms with Gasteiger partial charge in [-0.25, -0.2) is 4.79 Å². The summed E-state index contributed by atoms with van der Waals surface area (Å²) in [6.07, 6.45) is 61.7. The second-order valence-corrected chi connectivity index (χ2v) is 17.7. The van der Waals surface area contributed by atoms with Gasteiger partial charge in [-0.2, -0.15) is 0 Å². The first-order chi connectivity index (χ1) is 31.1. The molecule has 0 fully saturated rings. The fraction of sp³-hybridized carbons (Fsp3) is 0.661. The number of carboxylic acid groups (broad SMARTS) is 1. The van der Waals surface area contributed by atoms with Gasteiger partial charge >= 0.3 is 17.9 Å². The molecule has 0 aromatic heterocycles. The average Bonchev–Trinajstić information content (AvgIpc) is 3.26. The molecule has 0 aliphatic rings. The Morgan fingerprint density at radius 2 is 0.828 bits per heavy atom. The zero-order valence-electron chi connectivity index (χ0n) is 41.4. The van der Waals surface area contributed by atoms with E-state index in [-0.39, 0.29) is 36.2 Å². The van der Waals surface area contributed by atoms with Crippen molar-refractivity contribution in [2.75, 3.05) is 41.0 Å². The van der Waals surface area contributed by atoms with Gasteiger partial charge in [-0.1, -0.05) is 175 Å². The van der Waals surface area contributed by atoms with E-state index >= 15 is 0 Å². The SMILES string of the molecule is CC/C=C/C/C=C/C/C=C/C/C=C/C/C=C/CCCCCCC(=O)OC(COCCC(C(=O)O)[N+](C)(C)C)COC(=O)CCCCCCCCCCCC/C=C/C/C=C/C/C=C/CC. The Balaban J connectivity index is 4.33. The number of unbranched alkanes of at least 4 members (excludes halogenated alkanes) is 14. The molecule has 0 saturated carbocycles. The van der Waals surface area contributed by atoms with Crippen LogP contribution in [0.3, 0.4) is 0 Å². The Kier molecular flexibility index (Phi) is 43.1. The lowest BCUT2D eigenvalue weighted by molar-refractivity contribution is -0.887. The Bertz CT molecular complexity index is 1360. The average molecular weight is 893 g/mol. The molecule has 0 heterocycles. The molecule has 1 N–H and O–H groups in total. The maximum atomic E-state index is 12.8. The molecule has 0 spiro atoms. The van der Waals surface area contributed by atoms with E-state index in [1.165, 1.54) is 51.4 Å². The summed E-state index contributed by atoms with van der Waals surface area (Å²) in [6.45, 7) is 4.48. The van der Waals surface area contributed by atoms with Crippen molar-refractivity contribution in [3.63, 3.8) is 0 Å². The van der Waals surface area contributed by atoms with Crippen LogP contribution in [-0.2, 0) is 28.6 Å². The third-order valence-electron chi connectivity index (χ3n) is 10.7. The number of hydrogen-bond donors (Lipinski definition) is 1. The number of nitrogens with zero attached hydrogens (tertiary/aromatic N) is 1. The van der Waals surface area contributed by atoms with Crippen molar-refractivity contribution in [1.29, 1.82) is 0 Å². The van der Waals surface area contributed by atoms with Crippen molar-refractivity contribution in [3.05, 3.63) is 97.2 Å². The van der Waals surface area contributed by atoms with E-state index in [9.17, 15) is 19.5 Å². The van der Waals surface area contributed by atoms with Crippen LogP contribution in [0.1, 0.15) is 187 Å². The molecule has 64 heavy (non-hydrogen) atoms. The minimum Gasteiger partial charge on any atom is -0.477 e. The first-order valence-electron chi connectivity index (χ1n) is 25.3. The van der Waals surface area contributed by atoms with Crippen LogP contribution in [-0.4, -0.2) is 80.6 Å². The maximum absolute atomic E-state index is 12.8. The van der Waals surface area contributed by atoms with Gasteiger partial charge in [-0.05, 0) is 89.9 Å². The first kappa shape index (κ1) is 60.2. The molecule has 0 radical (unpaired) electrons. The zero-order chi connectivity index (χ0) is 47.0. The number of carboxylic acids is 1. The Morgan fingerprint density at radius 3 is 1.22 bits per heavy atom. The molecule has 0 saturated heterocycles. The number of carbonyl (C=O) groups is 3. The molecule has 0 aromatic carbocycles. The highest BCUT2D eigenvalue weighted by Gasteiger charge is 2.31. The lowest BCUT2D eigenvalue weighted by Gasteiger charge is -2.31. The van der Waals surface area contributed by atoms with E-state index < -0.39 is 18.1 Å². The third-order valence-corrected chi connectivity index (χ3v) is 10.7. The van der Waals surface area contributed by atoms with Crippen LogP contribution in [0.4, 0.5) is 0 Å². The quantitative estimate of drug-likeness (QED) is 0.0281. The van der Waals surface area contributed by atoms with Crippen LogP contribution in [0.2, 0.25) is 0 Å². The van der Waals surface area contributed by atoms with Crippen molar-refractivity contribution < 1.29 is 38.2 Å². The van der Waals surface area contributed by atoms with Gasteiger partial charge in [-0.15, -0.1) is 0 Å². The summed E-state index contributed by atoms with van der Waals surface area (Å²) >= 11 is 0. The van der Waals surface area contributed by atoms with Crippen LogP contribution < -0.4 is 0 Å². The molecule has 8 nitrogen and oxygen atoms in total. The van der Waals surface area contributed by atoms with Crippen molar-refractivity contribution in [1.82, 2.24) is 0 Å². The first-order valence-corrected chi connectivity index (χ1v) is 25.3. The molecule has 0 aliphatic carbocycles. The molecule has 0 aromatic rings. The summed E-state index contributed by atoms with van der Waals surface area (Å²) in [5.41, 5.74) is 0. The van der Waals surface area contributed by atoms with E-state index in [0.717, 1.165) is 103 Å². The minimum absolute atomic E-state index is 0.0439. The number of carbonyl (C=O) groups excluding carboxylic acids is 2. The van der Waals surface area contributed by atoms with Crippen molar-refractivity contribution in [2.45, 2.75) is 199 Å². The molecule has 0 aliphatic heterocycles. The monoisotopic (exact) mass is 893 g/mol. The normalized spacial score (nSPS) is 13.7. The van der Waals surface area contributed by atoms with Crippen LogP contribution >= 0.6 is 0 Å². The summed E-state index contributed by atoms with van der Waals surface area (Å²) < 4.78 is 17.3. The number of aliphatic carboxylic acids is 1. The number of quaternary nitrogens is 1. The van der Waals surface area contributed by atoms with Gasteiger partial charge in [0.15, 0.2) is 12.1 Å². The molecule has 364 valence electrons. The summed E-state index contributed by atoms with van der Waals surface area (Å²) in [5.74, 6) is -1.51. The van der Waals surface area contributed by atoms with E-state index in [1.54, 1.807) is 0 Å². The second-order valence-electron chi connectivity index (χ2n) is 17.7. The van der Waals surface area contributed by atoms with Crippen molar-refractivity contribution in [3.8, 4) is 0 Å². The van der Waals surface area contributed by atoms with Crippen molar-refractivity contribution >= 4 is 17.9 Å². The second kappa shape index (κ2) is 45.8. The number of allylic oxidation sites excluding steroid dienone is 16. The Morgan fingerprint density at radius 1 is 0.469 bits per heavy atom. The molecule has 8 heteroatoms. The van der Waals surface area contributed by atoms with Gasteiger partial charge in [0.05, 0.1) is 34.4 Å². The minimum atomic E-state index is -0.883. The molecule has 2 unspecified atom stereocenters. The lowest BCUT2D eigenvalue weighted by Crippen LogP contribution is -2.50. The molecule has 0 amide bonds. The van der Waals surface area contributed by atoms with Gasteiger partial charge < -0.3 is 23.8 Å². The number of hydrogen-bond acceptors (Lipinski definition) is 6.